The first kappa shape index (κ1) is 24.9. The number of nitrogens with two attached hydrogens (primary N) is 1. The van der Waals surface area contributed by atoms with Crippen LogP contribution in [0.4, 0.5) is 0 Å². The van der Waals surface area contributed by atoms with E-state index in [9.17, 15) is 5.11 Å². The summed E-state index contributed by atoms with van der Waals surface area (Å²) in [5.74, 6) is 0.990. The van der Waals surface area contributed by atoms with Gasteiger partial charge in [-0.15, -0.1) is 24.4 Å². The normalized spacial score (nSPS) is 18.5. The van der Waals surface area contributed by atoms with Crippen molar-refractivity contribution < 1.29 is 9.84 Å². The number of aliphatic hydroxyl groups is 1. The third-order valence-electron chi connectivity index (χ3n) is 6.13. The second-order valence-corrected chi connectivity index (χ2v) is 9.75. The van der Waals surface area contributed by atoms with Crippen LogP contribution in [0.2, 0.25) is 0 Å². The maximum absolute atomic E-state index is 9.51. The Balaban J connectivity index is 1.81. The molecule has 0 aromatic heterocycles. The second-order valence-electron chi connectivity index (χ2n) is 8.18. The number of thioether (sulfide) groups is 1. The lowest BCUT2D eigenvalue weighted by atomic mass is 9.75. The van der Waals surface area contributed by atoms with Gasteiger partial charge in [0.05, 0.1) is 13.2 Å². The average Bonchev–Trinajstić information content (AvgIpc) is 3.20. The number of nitrogens with one attached hydrogen (secondary N) is 1. The van der Waals surface area contributed by atoms with Gasteiger partial charge in [0.15, 0.2) is 0 Å². The van der Waals surface area contributed by atoms with E-state index in [4.69, 9.17) is 23.1 Å². The molecule has 0 spiro atoms. The summed E-state index contributed by atoms with van der Waals surface area (Å²) in [5.41, 5.74) is 11.4. The maximum atomic E-state index is 9.51. The van der Waals surface area contributed by atoms with Gasteiger partial charge >= 0.3 is 0 Å². The van der Waals surface area contributed by atoms with Gasteiger partial charge in [-0.25, -0.2) is 0 Å². The van der Waals surface area contributed by atoms with Crippen LogP contribution in [0.5, 0.6) is 5.75 Å². The molecular formula is C26H34N2O2S2. The van der Waals surface area contributed by atoms with Crippen molar-refractivity contribution in [3.63, 3.8) is 0 Å². The van der Waals surface area contributed by atoms with E-state index in [0.717, 1.165) is 58.1 Å². The predicted octanol–water partition coefficient (Wildman–Crippen LogP) is 4.88. The van der Waals surface area contributed by atoms with Crippen molar-refractivity contribution in [2.45, 2.75) is 37.8 Å². The van der Waals surface area contributed by atoms with Gasteiger partial charge in [0.2, 0.25) is 0 Å². The molecular weight excluding hydrogens is 436 g/mol. The molecule has 0 amide bonds. The summed E-state index contributed by atoms with van der Waals surface area (Å²) in [6, 6.07) is 14.3. The van der Waals surface area contributed by atoms with Crippen LogP contribution in [0.3, 0.4) is 0 Å². The number of thiol groups is 1. The van der Waals surface area contributed by atoms with Gasteiger partial charge in [0.25, 0.3) is 0 Å². The molecule has 2 aromatic carbocycles. The Bertz CT molecular complexity index is 974. The highest BCUT2D eigenvalue weighted by molar-refractivity contribution is 8.15. The molecule has 6 heteroatoms. The number of ether oxygens (including phenoxy) is 1. The molecule has 0 saturated carbocycles. The molecule has 3 rings (SSSR count). The van der Waals surface area contributed by atoms with Crippen LogP contribution in [0, 0.1) is 0 Å². The topological polar surface area (TPSA) is 67.5 Å². The molecule has 32 heavy (non-hydrogen) atoms. The van der Waals surface area contributed by atoms with Crippen LogP contribution in [-0.2, 0) is 18.6 Å². The van der Waals surface area contributed by atoms with E-state index in [1.807, 2.05) is 31.5 Å². The number of allylic oxidation sites excluding steroid dienone is 3. The molecule has 1 aliphatic rings. The van der Waals surface area contributed by atoms with Crippen molar-refractivity contribution in [1.82, 2.24) is 5.32 Å². The lowest BCUT2D eigenvalue weighted by molar-refractivity contribution is 0.242. The fraction of sp³-hybridized carbons (Fsp3) is 0.385. The van der Waals surface area contributed by atoms with Gasteiger partial charge in [-0.1, -0.05) is 42.5 Å². The number of benzene rings is 2. The highest BCUT2D eigenvalue weighted by Gasteiger charge is 2.39. The fourth-order valence-electron chi connectivity index (χ4n) is 4.24. The molecule has 1 unspecified atom stereocenters. The van der Waals surface area contributed by atoms with E-state index in [1.165, 1.54) is 5.56 Å². The van der Waals surface area contributed by atoms with Crippen LogP contribution < -0.4 is 15.8 Å². The lowest BCUT2D eigenvalue weighted by Crippen LogP contribution is -2.32. The predicted molar refractivity (Wildman–Crippen MR) is 140 cm³/mol. The molecule has 0 aliphatic carbocycles. The standard InChI is InChI=1S/C26H34N2O2S2/c1-28-13-12-26(18-30-24-10-9-19(16-27)15-23(24)26)11-4-3-8-22(25(31)32-2)21-7-5-6-20(14-21)17-29/h3,5-10,14-15,28-29,31H,4,11-13,16-18,27H2,1-2H3/b8-3+,25-22-. The molecule has 0 fully saturated rings. The van der Waals surface area contributed by atoms with E-state index >= 15 is 0 Å². The van der Waals surface area contributed by atoms with Gasteiger partial charge < -0.3 is 20.9 Å². The number of aliphatic hydroxyl groups excluding tert-OH is 1. The monoisotopic (exact) mass is 470 g/mol. The van der Waals surface area contributed by atoms with Crippen LogP contribution in [0.1, 0.15) is 41.5 Å². The lowest BCUT2D eigenvalue weighted by Gasteiger charge is -2.28. The summed E-state index contributed by atoms with van der Waals surface area (Å²) in [6.07, 6.45) is 9.37. The third kappa shape index (κ3) is 5.80. The Labute approximate surface area is 201 Å². The molecule has 0 saturated heterocycles. The van der Waals surface area contributed by atoms with Crippen molar-refractivity contribution in [3.8, 4) is 5.75 Å². The van der Waals surface area contributed by atoms with Crippen LogP contribution in [-0.4, -0.2) is 31.6 Å². The molecule has 0 radical (unpaired) electrons. The van der Waals surface area contributed by atoms with Crippen molar-refractivity contribution in [2.75, 3.05) is 26.5 Å². The Kier molecular flexibility index (Phi) is 9.32. The Morgan fingerprint density at radius 3 is 2.81 bits per heavy atom. The quantitative estimate of drug-likeness (QED) is 0.279. The molecule has 172 valence electrons. The second kappa shape index (κ2) is 12.0. The zero-order valence-electron chi connectivity index (χ0n) is 18.9. The number of fused-ring (bicyclic) bond motifs is 1. The number of hydrogen-bond donors (Lipinski definition) is 4. The van der Waals surface area contributed by atoms with Gasteiger partial charge in [-0.3, -0.25) is 0 Å². The van der Waals surface area contributed by atoms with Crippen LogP contribution in [0.25, 0.3) is 5.57 Å². The SMILES string of the molecule is CNCCC1(CC/C=C/C(=C(\S)SC)c2cccc(CO)c2)COc2ccc(CN)cc21. The average molecular weight is 471 g/mol. The summed E-state index contributed by atoms with van der Waals surface area (Å²) < 4.78 is 7.06. The van der Waals surface area contributed by atoms with Crippen LogP contribution >= 0.6 is 24.4 Å². The zero-order valence-corrected chi connectivity index (χ0v) is 20.6. The fourth-order valence-corrected chi connectivity index (χ4v) is 4.85. The Morgan fingerprint density at radius 2 is 2.09 bits per heavy atom. The Hall–Kier alpha value is -1.70. The summed E-state index contributed by atoms with van der Waals surface area (Å²) in [6.45, 7) is 2.21. The van der Waals surface area contributed by atoms with Crippen LogP contribution in [0.15, 0.2) is 58.9 Å². The van der Waals surface area contributed by atoms with Crippen molar-refractivity contribution in [1.29, 1.82) is 0 Å². The summed E-state index contributed by atoms with van der Waals surface area (Å²) in [7, 11) is 1.99. The van der Waals surface area contributed by atoms with E-state index < -0.39 is 0 Å². The first-order chi connectivity index (χ1) is 15.6. The van der Waals surface area contributed by atoms with Gasteiger partial charge in [0, 0.05) is 27.3 Å². The minimum Gasteiger partial charge on any atom is -0.492 e. The van der Waals surface area contributed by atoms with Gasteiger partial charge in [0.1, 0.15) is 5.75 Å². The number of hydrogen-bond acceptors (Lipinski definition) is 6. The molecule has 1 aliphatic heterocycles. The highest BCUT2D eigenvalue weighted by Crippen LogP contribution is 2.44. The summed E-state index contributed by atoms with van der Waals surface area (Å²) in [4.78, 5) is 0. The Morgan fingerprint density at radius 1 is 1.25 bits per heavy atom. The van der Waals surface area contributed by atoms with Crippen molar-refractivity contribution in [2.24, 2.45) is 5.73 Å². The molecule has 4 nitrogen and oxygen atoms in total. The van der Waals surface area contributed by atoms with Crippen molar-refractivity contribution >= 4 is 30.0 Å². The zero-order chi connectivity index (χ0) is 23.0. The number of rotatable bonds is 11. The molecule has 1 atom stereocenters. The first-order valence-electron chi connectivity index (χ1n) is 11.0. The largest absolute Gasteiger partial charge is 0.492 e. The maximum Gasteiger partial charge on any atom is 0.123 e. The smallest absolute Gasteiger partial charge is 0.123 e. The summed E-state index contributed by atoms with van der Waals surface area (Å²) >= 11 is 6.32. The third-order valence-corrected chi connectivity index (χ3v) is 7.52. The van der Waals surface area contributed by atoms with Gasteiger partial charge in [-0.2, -0.15) is 0 Å². The van der Waals surface area contributed by atoms with Crippen molar-refractivity contribution in [3.05, 3.63) is 81.1 Å². The van der Waals surface area contributed by atoms with E-state index in [2.05, 4.69) is 41.7 Å². The van der Waals surface area contributed by atoms with Gasteiger partial charge in [-0.05, 0) is 67.9 Å². The minimum absolute atomic E-state index is 0.0160. The molecule has 4 N–H and O–H groups in total. The molecule has 1 heterocycles. The molecule has 0 bridgehead atoms. The highest BCUT2D eigenvalue weighted by atomic mass is 32.2. The summed E-state index contributed by atoms with van der Waals surface area (Å²) in [5, 5.41) is 12.8. The van der Waals surface area contributed by atoms with E-state index in [0.29, 0.717) is 13.2 Å². The first-order valence-corrected chi connectivity index (χ1v) is 12.7. The minimum atomic E-state index is -0.0160. The van der Waals surface area contributed by atoms with E-state index in [1.54, 1.807) is 11.8 Å². The van der Waals surface area contributed by atoms with E-state index in [-0.39, 0.29) is 12.0 Å². The molecule has 2 aromatic rings.